The molecule has 0 aromatic heterocycles. The van der Waals surface area contributed by atoms with Crippen molar-refractivity contribution in [3.63, 3.8) is 0 Å². The average Bonchev–Trinajstić information content (AvgIpc) is 2.04. The molecule has 0 bridgehead atoms. The van der Waals surface area contributed by atoms with Crippen molar-refractivity contribution in [3.05, 3.63) is 35.9 Å². The Kier molecular flexibility index (Phi) is 2.92. The van der Waals surface area contributed by atoms with Crippen molar-refractivity contribution in [2.75, 3.05) is 5.73 Å². The topological polar surface area (TPSA) is 26.0 Å². The van der Waals surface area contributed by atoms with E-state index >= 15 is 0 Å². The lowest BCUT2D eigenvalue weighted by molar-refractivity contribution is 0.922. The van der Waals surface area contributed by atoms with Crippen LogP contribution in [0.25, 0.3) is 6.08 Å². The summed E-state index contributed by atoms with van der Waals surface area (Å²) < 4.78 is 0. The van der Waals surface area contributed by atoms with Crippen molar-refractivity contribution >= 4 is 11.8 Å². The fourth-order valence-electron chi connectivity index (χ4n) is 1.30. The van der Waals surface area contributed by atoms with Gasteiger partial charge in [0.15, 0.2) is 0 Å². The highest BCUT2D eigenvalue weighted by Gasteiger charge is 1.95. The minimum Gasteiger partial charge on any atom is -0.399 e. The molecule has 64 valence electrons. The van der Waals surface area contributed by atoms with Crippen molar-refractivity contribution in [2.45, 2.75) is 19.8 Å². The number of benzene rings is 1. The van der Waals surface area contributed by atoms with Crippen LogP contribution < -0.4 is 5.73 Å². The molecular weight excluding hydrogens is 146 g/mol. The normalized spacial score (nSPS) is 9.75. The molecule has 1 aromatic carbocycles. The number of nitrogen functional groups attached to an aromatic ring is 1. The van der Waals surface area contributed by atoms with Crippen molar-refractivity contribution in [2.24, 2.45) is 0 Å². The second-order valence-corrected chi connectivity index (χ2v) is 2.96. The van der Waals surface area contributed by atoms with Crippen LogP contribution >= 0.6 is 0 Å². The standard InChI is InChI=1S/C11H15N/c1-3-5-10-6-9(4-2)7-11(12)8-10/h4,6-8H,2-3,5,12H2,1H3. The van der Waals surface area contributed by atoms with E-state index in [1.807, 2.05) is 18.2 Å². The Bertz CT molecular complexity index is 276. The maximum atomic E-state index is 5.72. The van der Waals surface area contributed by atoms with Crippen LogP contribution in [-0.2, 0) is 6.42 Å². The Hall–Kier alpha value is -1.24. The molecule has 0 aliphatic heterocycles. The highest BCUT2D eigenvalue weighted by Crippen LogP contribution is 2.14. The molecule has 1 heteroatoms. The molecule has 0 amide bonds. The Morgan fingerprint density at radius 2 is 2.17 bits per heavy atom. The summed E-state index contributed by atoms with van der Waals surface area (Å²) in [6.07, 6.45) is 4.07. The molecule has 0 heterocycles. The predicted molar refractivity (Wildman–Crippen MR) is 54.9 cm³/mol. The van der Waals surface area contributed by atoms with Crippen molar-refractivity contribution in [1.29, 1.82) is 0 Å². The summed E-state index contributed by atoms with van der Waals surface area (Å²) in [6, 6.07) is 6.09. The number of aryl methyl sites for hydroxylation is 1. The van der Waals surface area contributed by atoms with Crippen LogP contribution in [0.3, 0.4) is 0 Å². The van der Waals surface area contributed by atoms with Crippen LogP contribution in [0.4, 0.5) is 5.69 Å². The number of hydrogen-bond acceptors (Lipinski definition) is 1. The Morgan fingerprint density at radius 3 is 2.75 bits per heavy atom. The van der Waals surface area contributed by atoms with E-state index in [4.69, 9.17) is 5.73 Å². The van der Waals surface area contributed by atoms with Crippen molar-refractivity contribution in [3.8, 4) is 0 Å². The number of anilines is 1. The summed E-state index contributed by atoms with van der Waals surface area (Å²) in [4.78, 5) is 0. The molecule has 2 N–H and O–H groups in total. The molecule has 1 rings (SSSR count). The zero-order valence-electron chi connectivity index (χ0n) is 7.51. The minimum absolute atomic E-state index is 0.829. The second-order valence-electron chi connectivity index (χ2n) is 2.96. The van der Waals surface area contributed by atoms with Gasteiger partial charge in [-0.15, -0.1) is 0 Å². The first-order valence-corrected chi connectivity index (χ1v) is 4.28. The van der Waals surface area contributed by atoms with Gasteiger partial charge >= 0.3 is 0 Å². The first-order valence-electron chi connectivity index (χ1n) is 4.28. The molecule has 0 radical (unpaired) electrons. The van der Waals surface area contributed by atoms with E-state index < -0.39 is 0 Å². The van der Waals surface area contributed by atoms with Crippen LogP contribution in [0, 0.1) is 0 Å². The first-order chi connectivity index (χ1) is 5.76. The third-order valence-electron chi connectivity index (χ3n) is 1.81. The van der Waals surface area contributed by atoms with Gasteiger partial charge in [-0.1, -0.05) is 32.1 Å². The maximum Gasteiger partial charge on any atom is 0.0322 e. The van der Waals surface area contributed by atoms with Crippen LogP contribution in [0.15, 0.2) is 24.8 Å². The molecule has 1 aromatic rings. The monoisotopic (exact) mass is 161 g/mol. The lowest BCUT2D eigenvalue weighted by Crippen LogP contribution is -1.90. The largest absolute Gasteiger partial charge is 0.399 e. The Balaban J connectivity index is 2.97. The van der Waals surface area contributed by atoms with Crippen molar-refractivity contribution < 1.29 is 0 Å². The summed E-state index contributed by atoms with van der Waals surface area (Å²) >= 11 is 0. The Morgan fingerprint density at radius 1 is 1.42 bits per heavy atom. The molecule has 0 aliphatic carbocycles. The zero-order chi connectivity index (χ0) is 8.97. The van der Waals surface area contributed by atoms with Gasteiger partial charge in [0.2, 0.25) is 0 Å². The van der Waals surface area contributed by atoms with E-state index in [0.29, 0.717) is 0 Å². The van der Waals surface area contributed by atoms with Gasteiger partial charge < -0.3 is 5.73 Å². The molecule has 12 heavy (non-hydrogen) atoms. The quantitative estimate of drug-likeness (QED) is 0.678. The minimum atomic E-state index is 0.829. The fraction of sp³-hybridized carbons (Fsp3) is 0.273. The number of nitrogens with two attached hydrogens (primary N) is 1. The summed E-state index contributed by atoms with van der Waals surface area (Å²) in [5.41, 5.74) is 8.96. The van der Waals surface area contributed by atoms with Crippen LogP contribution in [0.2, 0.25) is 0 Å². The first kappa shape index (κ1) is 8.85. The molecule has 0 spiro atoms. The highest BCUT2D eigenvalue weighted by molar-refractivity contribution is 5.56. The SMILES string of the molecule is C=Cc1cc(N)cc(CCC)c1. The van der Waals surface area contributed by atoms with Gasteiger partial charge in [-0.05, 0) is 29.7 Å². The van der Waals surface area contributed by atoms with Gasteiger partial charge in [-0.25, -0.2) is 0 Å². The van der Waals surface area contributed by atoms with E-state index in [-0.39, 0.29) is 0 Å². The third kappa shape index (κ3) is 2.12. The van der Waals surface area contributed by atoms with Gasteiger partial charge in [0.25, 0.3) is 0 Å². The van der Waals surface area contributed by atoms with Gasteiger partial charge in [0, 0.05) is 5.69 Å². The third-order valence-corrected chi connectivity index (χ3v) is 1.81. The molecule has 0 saturated heterocycles. The fourth-order valence-corrected chi connectivity index (χ4v) is 1.30. The van der Waals surface area contributed by atoms with E-state index in [9.17, 15) is 0 Å². The molecular formula is C11H15N. The molecule has 0 atom stereocenters. The van der Waals surface area contributed by atoms with E-state index in [0.717, 1.165) is 24.1 Å². The number of hydrogen-bond donors (Lipinski definition) is 1. The molecule has 1 nitrogen and oxygen atoms in total. The summed E-state index contributed by atoms with van der Waals surface area (Å²) in [5.74, 6) is 0. The highest BCUT2D eigenvalue weighted by atomic mass is 14.5. The molecule has 0 saturated carbocycles. The lowest BCUT2D eigenvalue weighted by atomic mass is 10.1. The van der Waals surface area contributed by atoms with E-state index in [2.05, 4.69) is 19.6 Å². The smallest absolute Gasteiger partial charge is 0.0322 e. The van der Waals surface area contributed by atoms with Gasteiger partial charge in [0.05, 0.1) is 0 Å². The van der Waals surface area contributed by atoms with Crippen LogP contribution in [-0.4, -0.2) is 0 Å². The number of rotatable bonds is 3. The molecule has 0 unspecified atom stereocenters. The second kappa shape index (κ2) is 3.96. The maximum absolute atomic E-state index is 5.72. The van der Waals surface area contributed by atoms with E-state index in [1.54, 1.807) is 0 Å². The van der Waals surface area contributed by atoms with Gasteiger partial charge in [-0.3, -0.25) is 0 Å². The van der Waals surface area contributed by atoms with E-state index in [1.165, 1.54) is 5.56 Å². The Labute approximate surface area is 73.9 Å². The van der Waals surface area contributed by atoms with Gasteiger partial charge in [-0.2, -0.15) is 0 Å². The molecule has 0 fully saturated rings. The summed E-state index contributed by atoms with van der Waals surface area (Å²) in [6.45, 7) is 5.88. The molecule has 0 aliphatic rings. The van der Waals surface area contributed by atoms with Gasteiger partial charge in [0.1, 0.15) is 0 Å². The predicted octanol–water partition coefficient (Wildman–Crippen LogP) is 2.86. The zero-order valence-corrected chi connectivity index (χ0v) is 7.51. The van der Waals surface area contributed by atoms with Crippen LogP contribution in [0.1, 0.15) is 24.5 Å². The van der Waals surface area contributed by atoms with Crippen LogP contribution in [0.5, 0.6) is 0 Å². The lowest BCUT2D eigenvalue weighted by Gasteiger charge is -2.02. The summed E-state index contributed by atoms with van der Waals surface area (Å²) in [7, 11) is 0. The van der Waals surface area contributed by atoms with Crippen molar-refractivity contribution in [1.82, 2.24) is 0 Å². The average molecular weight is 161 g/mol. The summed E-state index contributed by atoms with van der Waals surface area (Å²) in [5, 5.41) is 0.